The lowest BCUT2D eigenvalue weighted by atomic mass is 10.2. The Kier molecular flexibility index (Phi) is 9.43. The van der Waals surface area contributed by atoms with E-state index in [1.54, 1.807) is 11.3 Å². The first-order valence-electron chi connectivity index (χ1n) is 7.71. The van der Waals surface area contributed by atoms with Crippen molar-refractivity contribution >= 4 is 42.1 Å². The van der Waals surface area contributed by atoms with Gasteiger partial charge in [0.25, 0.3) is 0 Å². The van der Waals surface area contributed by atoms with Gasteiger partial charge in [0.2, 0.25) is 5.91 Å². The Morgan fingerprint density at radius 2 is 2.22 bits per heavy atom. The highest BCUT2D eigenvalue weighted by atomic mass is 35.5. The molecule has 0 saturated carbocycles. The van der Waals surface area contributed by atoms with Gasteiger partial charge in [-0.25, -0.2) is 0 Å². The smallest absolute Gasteiger partial charge is 0.239 e. The van der Waals surface area contributed by atoms with Crippen LogP contribution in [0.2, 0.25) is 0 Å². The number of hydrogen-bond acceptors (Lipinski definition) is 5. The average molecular weight is 382 g/mol. The molecule has 0 spiro atoms. The first kappa shape index (κ1) is 20.7. The third-order valence-electron chi connectivity index (χ3n) is 4.16. The van der Waals surface area contributed by atoms with Crippen molar-refractivity contribution in [3.8, 4) is 0 Å². The number of nitrogens with zero attached hydrogens (tertiary/aromatic N) is 1. The van der Waals surface area contributed by atoms with E-state index in [2.05, 4.69) is 33.0 Å². The molecule has 1 amide bonds. The molecular weight excluding hydrogens is 357 g/mol. The van der Waals surface area contributed by atoms with E-state index >= 15 is 0 Å². The predicted molar refractivity (Wildman–Crippen MR) is 98.0 cm³/mol. The number of morpholine rings is 1. The second-order valence-electron chi connectivity index (χ2n) is 5.60. The minimum Gasteiger partial charge on any atom is -0.378 e. The SMILES string of the molecule is Cl.Cl.O=C(NCC(c1cccs1)N1CCCC1)C1COCCN1. The molecule has 2 N–H and O–H groups in total. The Hall–Kier alpha value is -0.370. The van der Waals surface area contributed by atoms with Crippen molar-refractivity contribution in [1.29, 1.82) is 0 Å². The second kappa shape index (κ2) is 10.5. The molecule has 5 nitrogen and oxygen atoms in total. The van der Waals surface area contributed by atoms with Gasteiger partial charge >= 0.3 is 0 Å². The normalized spacial score (nSPS) is 22.7. The van der Waals surface area contributed by atoms with Gasteiger partial charge in [0.15, 0.2) is 0 Å². The van der Waals surface area contributed by atoms with Crippen LogP contribution >= 0.6 is 36.2 Å². The van der Waals surface area contributed by atoms with Crippen molar-refractivity contribution in [1.82, 2.24) is 15.5 Å². The van der Waals surface area contributed by atoms with Gasteiger partial charge in [0.05, 0.1) is 19.3 Å². The van der Waals surface area contributed by atoms with Gasteiger partial charge in [-0.15, -0.1) is 36.2 Å². The summed E-state index contributed by atoms with van der Waals surface area (Å²) < 4.78 is 5.35. The van der Waals surface area contributed by atoms with Crippen LogP contribution in [0.15, 0.2) is 17.5 Å². The number of nitrogens with one attached hydrogen (secondary N) is 2. The van der Waals surface area contributed by atoms with Gasteiger partial charge in [0, 0.05) is 18.0 Å². The van der Waals surface area contributed by atoms with Crippen molar-refractivity contribution in [3.63, 3.8) is 0 Å². The topological polar surface area (TPSA) is 53.6 Å². The monoisotopic (exact) mass is 381 g/mol. The standard InChI is InChI=1S/C15H23N3O2S.2ClH/c19-15(12-11-20-8-5-16-12)17-10-13(14-4-3-9-21-14)18-6-1-2-7-18;;/h3-4,9,12-13,16H,1-2,5-8,10-11H2,(H,17,19);2*1H. The van der Waals surface area contributed by atoms with Crippen molar-refractivity contribution in [2.45, 2.75) is 24.9 Å². The maximum absolute atomic E-state index is 12.2. The molecular formula is C15H25Cl2N3O2S. The summed E-state index contributed by atoms with van der Waals surface area (Å²) in [6.07, 6.45) is 2.52. The summed E-state index contributed by atoms with van der Waals surface area (Å²) in [6.45, 7) is 4.84. The Morgan fingerprint density at radius 1 is 1.43 bits per heavy atom. The maximum Gasteiger partial charge on any atom is 0.239 e. The minimum atomic E-state index is -0.207. The van der Waals surface area contributed by atoms with Crippen LogP contribution in [-0.2, 0) is 9.53 Å². The lowest BCUT2D eigenvalue weighted by Crippen LogP contribution is -2.52. The molecule has 132 valence electrons. The first-order valence-corrected chi connectivity index (χ1v) is 8.59. The average Bonchev–Trinajstić information content (AvgIpc) is 3.22. The van der Waals surface area contributed by atoms with E-state index in [1.165, 1.54) is 17.7 Å². The fraction of sp³-hybridized carbons (Fsp3) is 0.667. The molecule has 0 aromatic carbocycles. The summed E-state index contributed by atoms with van der Waals surface area (Å²) in [4.78, 5) is 16.0. The number of amides is 1. The van der Waals surface area contributed by atoms with E-state index in [-0.39, 0.29) is 36.8 Å². The zero-order chi connectivity index (χ0) is 14.5. The Bertz CT molecular complexity index is 450. The van der Waals surface area contributed by atoms with Crippen molar-refractivity contribution in [3.05, 3.63) is 22.4 Å². The summed E-state index contributed by atoms with van der Waals surface area (Å²) in [6, 6.07) is 4.35. The molecule has 0 bridgehead atoms. The fourth-order valence-electron chi connectivity index (χ4n) is 3.00. The molecule has 2 unspecified atom stereocenters. The third-order valence-corrected chi connectivity index (χ3v) is 5.13. The van der Waals surface area contributed by atoms with Crippen molar-refractivity contribution < 1.29 is 9.53 Å². The van der Waals surface area contributed by atoms with Gasteiger partial charge in [-0.05, 0) is 37.4 Å². The molecule has 0 aliphatic carbocycles. The molecule has 1 aromatic heterocycles. The number of likely N-dealkylation sites (tertiary alicyclic amines) is 1. The van der Waals surface area contributed by atoms with Crippen LogP contribution in [0.1, 0.15) is 23.8 Å². The summed E-state index contributed by atoms with van der Waals surface area (Å²) >= 11 is 1.77. The highest BCUT2D eigenvalue weighted by Crippen LogP contribution is 2.27. The zero-order valence-electron chi connectivity index (χ0n) is 13.0. The molecule has 8 heteroatoms. The summed E-state index contributed by atoms with van der Waals surface area (Å²) in [5.74, 6) is 0.0513. The van der Waals surface area contributed by atoms with Crippen LogP contribution in [0.5, 0.6) is 0 Å². The Balaban J connectivity index is 0.00000132. The van der Waals surface area contributed by atoms with Gasteiger partial charge < -0.3 is 15.4 Å². The molecule has 2 aliphatic rings. The molecule has 0 radical (unpaired) electrons. The van der Waals surface area contributed by atoms with E-state index in [1.807, 2.05) is 0 Å². The quantitative estimate of drug-likeness (QED) is 0.816. The molecule has 23 heavy (non-hydrogen) atoms. The summed E-state index contributed by atoms with van der Waals surface area (Å²) in [7, 11) is 0. The summed E-state index contributed by atoms with van der Waals surface area (Å²) in [5.41, 5.74) is 0. The lowest BCUT2D eigenvalue weighted by Gasteiger charge is -2.28. The van der Waals surface area contributed by atoms with E-state index in [0.717, 1.165) is 19.6 Å². The van der Waals surface area contributed by atoms with E-state index in [9.17, 15) is 4.79 Å². The number of ether oxygens (including phenoxy) is 1. The maximum atomic E-state index is 12.2. The molecule has 2 aliphatic heterocycles. The van der Waals surface area contributed by atoms with E-state index < -0.39 is 0 Å². The Morgan fingerprint density at radius 3 is 2.83 bits per heavy atom. The van der Waals surface area contributed by atoms with Gasteiger partial charge in [0.1, 0.15) is 6.04 Å². The van der Waals surface area contributed by atoms with Gasteiger partial charge in [-0.1, -0.05) is 6.07 Å². The van der Waals surface area contributed by atoms with Crippen molar-refractivity contribution in [2.75, 3.05) is 39.4 Å². The number of hydrogen-bond donors (Lipinski definition) is 2. The largest absolute Gasteiger partial charge is 0.378 e. The van der Waals surface area contributed by atoms with Crippen LogP contribution in [0.3, 0.4) is 0 Å². The second-order valence-corrected chi connectivity index (χ2v) is 6.58. The Labute approximate surface area is 154 Å². The molecule has 2 fully saturated rings. The molecule has 1 aromatic rings. The zero-order valence-corrected chi connectivity index (χ0v) is 15.5. The van der Waals surface area contributed by atoms with Crippen LogP contribution in [0.25, 0.3) is 0 Å². The fourth-order valence-corrected chi connectivity index (χ4v) is 3.86. The van der Waals surface area contributed by atoms with E-state index in [4.69, 9.17) is 4.74 Å². The van der Waals surface area contributed by atoms with Crippen LogP contribution < -0.4 is 10.6 Å². The number of rotatable bonds is 5. The highest BCUT2D eigenvalue weighted by Gasteiger charge is 2.26. The first-order chi connectivity index (χ1) is 10.3. The van der Waals surface area contributed by atoms with Crippen LogP contribution in [0.4, 0.5) is 0 Å². The minimum absolute atomic E-state index is 0. The predicted octanol–water partition coefficient (Wildman–Crippen LogP) is 1.83. The van der Waals surface area contributed by atoms with Crippen molar-refractivity contribution in [2.24, 2.45) is 0 Å². The molecule has 3 rings (SSSR count). The lowest BCUT2D eigenvalue weighted by molar-refractivity contribution is -0.126. The van der Waals surface area contributed by atoms with Gasteiger partial charge in [-0.2, -0.15) is 0 Å². The van der Waals surface area contributed by atoms with Crippen LogP contribution in [0, 0.1) is 0 Å². The molecule has 3 heterocycles. The number of carbonyl (C=O) groups is 1. The van der Waals surface area contributed by atoms with E-state index in [0.29, 0.717) is 25.8 Å². The molecule has 2 atom stereocenters. The van der Waals surface area contributed by atoms with Gasteiger partial charge in [-0.3, -0.25) is 9.69 Å². The highest BCUT2D eigenvalue weighted by molar-refractivity contribution is 7.10. The third kappa shape index (κ3) is 5.59. The number of carbonyl (C=O) groups excluding carboxylic acids is 1. The number of halogens is 2. The summed E-state index contributed by atoms with van der Waals surface area (Å²) in [5, 5.41) is 8.41. The molecule has 2 saturated heterocycles. The number of thiophene rings is 1. The van der Waals surface area contributed by atoms with Crippen LogP contribution in [-0.4, -0.2) is 56.2 Å².